The standard InChI is InChI=1S/C21H37Cl3O5/c1-2-3-6-12-18(26)13-9-11-17(19(27)15-16-25)10-7-4-5-8-14-20(28)29-21(22,23)24/h17-18,25-26H,2-16H2,1H3. The molecule has 172 valence electrons. The molecule has 0 fully saturated rings. The van der Waals surface area contributed by atoms with E-state index in [1.807, 2.05) is 0 Å². The molecule has 0 aliphatic rings. The molecule has 0 saturated carbocycles. The second-order valence-corrected chi connectivity index (χ2v) is 9.77. The SMILES string of the molecule is CCCCCC(O)CCCC(CCCCCCC(=O)OC(Cl)(Cl)Cl)C(=O)CCO. The van der Waals surface area contributed by atoms with Gasteiger partial charge in [0.1, 0.15) is 5.78 Å². The second-order valence-electron chi connectivity index (χ2n) is 7.59. The second kappa shape index (κ2) is 17.6. The van der Waals surface area contributed by atoms with E-state index < -0.39 is 9.95 Å². The van der Waals surface area contributed by atoms with Crippen molar-refractivity contribution >= 4 is 46.6 Å². The summed E-state index contributed by atoms with van der Waals surface area (Å²) in [6.45, 7) is 2.01. The Labute approximate surface area is 190 Å². The number of ketones is 1. The van der Waals surface area contributed by atoms with Crippen molar-refractivity contribution in [2.75, 3.05) is 6.61 Å². The number of halogens is 3. The lowest BCUT2D eigenvalue weighted by molar-refractivity contribution is -0.144. The van der Waals surface area contributed by atoms with Gasteiger partial charge in [0.15, 0.2) is 0 Å². The average molecular weight is 476 g/mol. The Bertz CT molecular complexity index is 441. The highest BCUT2D eigenvalue weighted by molar-refractivity contribution is 6.66. The molecule has 29 heavy (non-hydrogen) atoms. The Hall–Kier alpha value is -0.0700. The Morgan fingerprint density at radius 2 is 1.45 bits per heavy atom. The Morgan fingerprint density at radius 3 is 2.07 bits per heavy atom. The van der Waals surface area contributed by atoms with Crippen LogP contribution in [0.2, 0.25) is 0 Å². The number of Topliss-reactive ketones (excluding diaryl/α,β-unsaturated/α-hetero) is 1. The van der Waals surface area contributed by atoms with Crippen LogP contribution in [0, 0.1) is 5.92 Å². The molecule has 0 aliphatic carbocycles. The summed E-state index contributed by atoms with van der Waals surface area (Å²) < 4.78 is 2.59. The molecule has 0 spiro atoms. The van der Waals surface area contributed by atoms with Crippen molar-refractivity contribution in [3.05, 3.63) is 0 Å². The quantitative estimate of drug-likeness (QED) is 0.147. The molecule has 8 heteroatoms. The lowest BCUT2D eigenvalue weighted by Gasteiger charge is -2.17. The molecule has 2 unspecified atom stereocenters. The minimum Gasteiger partial charge on any atom is -0.415 e. The summed E-state index contributed by atoms with van der Waals surface area (Å²) in [4.78, 5) is 23.7. The van der Waals surface area contributed by atoms with Gasteiger partial charge in [-0.1, -0.05) is 51.9 Å². The molecule has 5 nitrogen and oxygen atoms in total. The first-order chi connectivity index (χ1) is 13.7. The van der Waals surface area contributed by atoms with Gasteiger partial charge < -0.3 is 14.9 Å². The van der Waals surface area contributed by atoms with E-state index in [2.05, 4.69) is 11.7 Å². The molecule has 0 aromatic rings. The van der Waals surface area contributed by atoms with Crippen molar-refractivity contribution in [1.29, 1.82) is 0 Å². The Morgan fingerprint density at radius 1 is 0.862 bits per heavy atom. The fraction of sp³-hybridized carbons (Fsp3) is 0.905. The van der Waals surface area contributed by atoms with Crippen LogP contribution >= 0.6 is 34.8 Å². The summed E-state index contributed by atoms with van der Waals surface area (Å²) in [5.41, 5.74) is 0. The van der Waals surface area contributed by atoms with E-state index in [0.29, 0.717) is 6.42 Å². The highest BCUT2D eigenvalue weighted by Crippen LogP contribution is 2.28. The van der Waals surface area contributed by atoms with Crippen LogP contribution in [0.1, 0.15) is 96.8 Å². The van der Waals surface area contributed by atoms with Gasteiger partial charge in [-0.15, -0.1) is 0 Å². The van der Waals surface area contributed by atoms with Crippen LogP contribution in [0.5, 0.6) is 0 Å². The van der Waals surface area contributed by atoms with Crippen molar-refractivity contribution < 1.29 is 24.5 Å². The maximum absolute atomic E-state index is 12.3. The number of hydrogen-bond donors (Lipinski definition) is 2. The monoisotopic (exact) mass is 474 g/mol. The average Bonchev–Trinajstić information content (AvgIpc) is 2.61. The maximum atomic E-state index is 12.3. The van der Waals surface area contributed by atoms with Gasteiger partial charge in [0.2, 0.25) is 0 Å². The fourth-order valence-electron chi connectivity index (χ4n) is 3.35. The van der Waals surface area contributed by atoms with Gasteiger partial charge in [0, 0.05) is 25.4 Å². The van der Waals surface area contributed by atoms with Gasteiger partial charge in [-0.3, -0.25) is 9.59 Å². The van der Waals surface area contributed by atoms with Gasteiger partial charge in [0.05, 0.1) is 6.10 Å². The number of hydrogen-bond acceptors (Lipinski definition) is 5. The van der Waals surface area contributed by atoms with Crippen molar-refractivity contribution in [2.24, 2.45) is 5.92 Å². The molecule has 0 amide bonds. The number of aliphatic hydroxyl groups excluding tert-OH is 2. The maximum Gasteiger partial charge on any atom is 0.340 e. The number of ether oxygens (including phenoxy) is 1. The number of carbonyl (C=O) groups is 2. The van der Waals surface area contributed by atoms with E-state index in [0.717, 1.165) is 70.6 Å². The van der Waals surface area contributed by atoms with Gasteiger partial charge in [0.25, 0.3) is 0 Å². The molecule has 0 bridgehead atoms. The lowest BCUT2D eigenvalue weighted by Crippen LogP contribution is -2.17. The molecule has 0 rings (SSSR count). The number of esters is 1. The minimum atomic E-state index is -2.01. The molecule has 0 aromatic carbocycles. The third-order valence-corrected chi connectivity index (χ3v) is 5.19. The van der Waals surface area contributed by atoms with Gasteiger partial charge in [-0.2, -0.15) is 0 Å². The molecule has 0 aliphatic heterocycles. The van der Waals surface area contributed by atoms with Crippen molar-refractivity contribution in [3.8, 4) is 0 Å². The topological polar surface area (TPSA) is 83.8 Å². The van der Waals surface area contributed by atoms with Crippen LogP contribution in [0.4, 0.5) is 0 Å². The van der Waals surface area contributed by atoms with Crippen LogP contribution in [0.3, 0.4) is 0 Å². The number of carbonyl (C=O) groups excluding carboxylic acids is 2. The summed E-state index contributed by atoms with van der Waals surface area (Å²) >= 11 is 16.2. The molecule has 0 saturated heterocycles. The van der Waals surface area contributed by atoms with Crippen molar-refractivity contribution in [3.63, 3.8) is 0 Å². The summed E-state index contributed by atoms with van der Waals surface area (Å²) in [5, 5.41) is 19.1. The number of rotatable bonds is 18. The normalized spacial score (nSPS) is 13.9. The van der Waals surface area contributed by atoms with E-state index in [1.54, 1.807) is 0 Å². The molecular formula is C21H37Cl3O5. The Balaban J connectivity index is 4.06. The predicted octanol–water partition coefficient (Wildman–Crippen LogP) is 5.88. The highest BCUT2D eigenvalue weighted by atomic mass is 35.6. The smallest absolute Gasteiger partial charge is 0.340 e. The van der Waals surface area contributed by atoms with Gasteiger partial charge >= 0.3 is 9.95 Å². The van der Waals surface area contributed by atoms with Crippen LogP contribution in [0.25, 0.3) is 0 Å². The highest BCUT2D eigenvalue weighted by Gasteiger charge is 2.24. The van der Waals surface area contributed by atoms with E-state index in [9.17, 15) is 14.7 Å². The number of aliphatic hydroxyl groups is 2. The molecular weight excluding hydrogens is 439 g/mol. The first kappa shape index (κ1) is 28.9. The zero-order valence-corrected chi connectivity index (χ0v) is 19.8. The van der Waals surface area contributed by atoms with Crippen molar-refractivity contribution in [2.45, 2.75) is 107 Å². The van der Waals surface area contributed by atoms with Gasteiger partial charge in [-0.25, -0.2) is 0 Å². The van der Waals surface area contributed by atoms with Crippen LogP contribution in [-0.4, -0.2) is 38.7 Å². The lowest BCUT2D eigenvalue weighted by atomic mass is 9.89. The fourth-order valence-corrected chi connectivity index (χ4v) is 3.61. The molecule has 0 heterocycles. The van der Waals surface area contributed by atoms with Crippen molar-refractivity contribution in [1.82, 2.24) is 0 Å². The summed E-state index contributed by atoms with van der Waals surface area (Å²) in [7, 11) is 0. The number of unbranched alkanes of at least 4 members (excludes halogenated alkanes) is 5. The van der Waals surface area contributed by atoms with Gasteiger partial charge in [-0.05, 0) is 66.9 Å². The van der Waals surface area contributed by atoms with E-state index in [1.165, 1.54) is 0 Å². The number of alkyl halides is 3. The molecule has 2 N–H and O–H groups in total. The van der Waals surface area contributed by atoms with Crippen LogP contribution in [0.15, 0.2) is 0 Å². The van der Waals surface area contributed by atoms with E-state index >= 15 is 0 Å². The summed E-state index contributed by atoms with van der Waals surface area (Å²) in [6, 6.07) is 0. The van der Waals surface area contributed by atoms with E-state index in [-0.39, 0.29) is 37.3 Å². The predicted molar refractivity (Wildman–Crippen MR) is 118 cm³/mol. The first-order valence-corrected chi connectivity index (χ1v) is 11.9. The molecule has 2 atom stereocenters. The first-order valence-electron chi connectivity index (χ1n) is 10.8. The zero-order chi connectivity index (χ0) is 22.1. The summed E-state index contributed by atoms with van der Waals surface area (Å²) in [6.07, 6.45) is 10.5. The third-order valence-electron chi connectivity index (χ3n) is 4.96. The van der Waals surface area contributed by atoms with Crippen LogP contribution < -0.4 is 0 Å². The van der Waals surface area contributed by atoms with E-state index in [4.69, 9.17) is 39.9 Å². The summed E-state index contributed by atoms with van der Waals surface area (Å²) in [5.74, 6) is -0.517. The van der Waals surface area contributed by atoms with Crippen LogP contribution in [-0.2, 0) is 14.3 Å². The Kier molecular flexibility index (Phi) is 17.6. The zero-order valence-electron chi connectivity index (χ0n) is 17.5. The minimum absolute atomic E-state index is 0.0701. The molecule has 0 aromatic heterocycles. The molecule has 0 radical (unpaired) electrons. The largest absolute Gasteiger partial charge is 0.415 e. The third kappa shape index (κ3) is 18.4.